The first-order valence-corrected chi connectivity index (χ1v) is 6.41. The van der Waals surface area contributed by atoms with Crippen LogP contribution < -0.4 is 5.32 Å². The van der Waals surface area contributed by atoms with Crippen LogP contribution in [0.2, 0.25) is 0 Å². The molecule has 0 bridgehead atoms. The number of carbonyl (C=O) groups is 1. The van der Waals surface area contributed by atoms with Crippen LogP contribution in [0.25, 0.3) is 16.3 Å². The Balaban J connectivity index is 2.03. The van der Waals surface area contributed by atoms with E-state index >= 15 is 0 Å². The number of nitrogens with one attached hydrogen (secondary N) is 2. The molecule has 0 amide bonds. The van der Waals surface area contributed by atoms with Crippen molar-refractivity contribution in [3.05, 3.63) is 48.2 Å². The topological polar surface area (TPSA) is 140 Å². The van der Waals surface area contributed by atoms with Crippen molar-refractivity contribution in [3.8, 4) is 6.07 Å². The number of benzene rings is 1. The summed E-state index contributed by atoms with van der Waals surface area (Å²) in [6.07, 6.45) is 4.50. The molecule has 0 unspecified atom stereocenters. The number of aromatic nitrogens is 5. The Labute approximate surface area is 129 Å². The average molecular weight is 307 g/mol. The molecule has 0 atom stereocenters. The van der Waals surface area contributed by atoms with Crippen molar-refractivity contribution >= 4 is 28.0 Å². The van der Waals surface area contributed by atoms with Crippen molar-refractivity contribution in [2.75, 3.05) is 5.32 Å². The highest BCUT2D eigenvalue weighted by Crippen LogP contribution is 2.26. The summed E-state index contributed by atoms with van der Waals surface area (Å²) in [5.41, 5.74) is 0.961. The third-order valence-electron chi connectivity index (χ3n) is 3.13. The number of hydrogen-bond acceptors (Lipinski definition) is 7. The lowest BCUT2D eigenvalue weighted by Crippen LogP contribution is -2.00. The van der Waals surface area contributed by atoms with Crippen LogP contribution in [0.4, 0.5) is 5.69 Å². The Hall–Kier alpha value is -3.80. The number of allylic oxidation sites excluding steroid dienone is 1. The first-order chi connectivity index (χ1) is 11.2. The number of pyridine rings is 1. The third-order valence-corrected chi connectivity index (χ3v) is 3.13. The fraction of sp³-hybridized carbons (Fsp3) is 0. The number of nitrogens with zero attached hydrogens (tertiary/aromatic N) is 5. The maximum atomic E-state index is 11.3. The second-order valence-corrected chi connectivity index (χ2v) is 4.44. The van der Waals surface area contributed by atoms with Crippen LogP contribution in [0.1, 0.15) is 16.2 Å². The van der Waals surface area contributed by atoms with E-state index < -0.39 is 5.97 Å². The summed E-state index contributed by atoms with van der Waals surface area (Å²) in [6.45, 7) is 0. The van der Waals surface area contributed by atoms with Gasteiger partial charge in [0.15, 0.2) is 0 Å². The molecule has 23 heavy (non-hydrogen) atoms. The highest BCUT2D eigenvalue weighted by atomic mass is 16.4. The highest BCUT2D eigenvalue weighted by Gasteiger charge is 2.11. The molecule has 3 aromatic rings. The number of hydrogen-bond donors (Lipinski definition) is 3. The van der Waals surface area contributed by atoms with Gasteiger partial charge in [0.05, 0.1) is 5.56 Å². The minimum Gasteiger partial charge on any atom is -0.478 e. The molecule has 0 aliphatic carbocycles. The molecule has 0 saturated heterocycles. The largest absolute Gasteiger partial charge is 0.478 e. The van der Waals surface area contributed by atoms with E-state index in [1.54, 1.807) is 18.3 Å². The zero-order chi connectivity index (χ0) is 16.2. The van der Waals surface area contributed by atoms with Crippen LogP contribution in [0, 0.1) is 11.3 Å². The van der Waals surface area contributed by atoms with E-state index in [4.69, 9.17) is 5.26 Å². The van der Waals surface area contributed by atoms with Crippen LogP contribution in [-0.4, -0.2) is 36.7 Å². The maximum absolute atomic E-state index is 11.3. The molecule has 1 aromatic carbocycles. The molecule has 0 aliphatic rings. The summed E-state index contributed by atoms with van der Waals surface area (Å²) in [4.78, 5) is 15.3. The van der Waals surface area contributed by atoms with Gasteiger partial charge in [-0.3, -0.25) is 4.98 Å². The van der Waals surface area contributed by atoms with Gasteiger partial charge in [-0.2, -0.15) is 10.5 Å². The molecule has 0 saturated carbocycles. The fourth-order valence-electron chi connectivity index (χ4n) is 2.08. The Morgan fingerprint density at radius 2 is 2.22 bits per heavy atom. The standard InChI is InChI=1S/C14H9N7O2/c15-5-8(13-18-20-21-19-13)6-17-12-2-1-10(14(22)23)9-3-4-16-7-11(9)12/h1-4,6-7,17H,(H,22,23)(H,18,19,20,21). The van der Waals surface area contributed by atoms with Gasteiger partial charge in [0.2, 0.25) is 5.82 Å². The number of anilines is 1. The summed E-state index contributed by atoms with van der Waals surface area (Å²) in [5, 5.41) is 35.6. The number of fused-ring (bicyclic) bond motifs is 1. The van der Waals surface area contributed by atoms with Gasteiger partial charge >= 0.3 is 5.97 Å². The first-order valence-electron chi connectivity index (χ1n) is 6.41. The molecule has 2 aromatic heterocycles. The van der Waals surface area contributed by atoms with Crippen molar-refractivity contribution in [3.63, 3.8) is 0 Å². The number of carboxylic acids is 1. The number of rotatable bonds is 4. The minimum absolute atomic E-state index is 0.157. The summed E-state index contributed by atoms with van der Waals surface area (Å²) in [7, 11) is 0. The molecular formula is C14H9N7O2. The van der Waals surface area contributed by atoms with Gasteiger partial charge in [-0.1, -0.05) is 0 Å². The van der Waals surface area contributed by atoms with E-state index in [1.165, 1.54) is 18.5 Å². The predicted molar refractivity (Wildman–Crippen MR) is 80.1 cm³/mol. The number of H-pyrrole nitrogens is 1. The highest BCUT2D eigenvalue weighted by molar-refractivity contribution is 6.07. The Kier molecular flexibility index (Phi) is 3.63. The molecule has 112 valence electrons. The van der Waals surface area contributed by atoms with Gasteiger partial charge in [0.1, 0.15) is 11.6 Å². The normalized spacial score (nSPS) is 11.2. The van der Waals surface area contributed by atoms with E-state index in [2.05, 4.69) is 30.9 Å². The predicted octanol–water partition coefficient (Wildman–Crippen LogP) is 1.42. The fourth-order valence-corrected chi connectivity index (χ4v) is 2.08. The van der Waals surface area contributed by atoms with Crippen molar-refractivity contribution < 1.29 is 9.90 Å². The van der Waals surface area contributed by atoms with E-state index in [0.717, 1.165) is 0 Å². The van der Waals surface area contributed by atoms with Gasteiger partial charge in [-0.15, -0.1) is 10.2 Å². The average Bonchev–Trinajstić information content (AvgIpc) is 3.09. The maximum Gasteiger partial charge on any atom is 0.336 e. The van der Waals surface area contributed by atoms with E-state index in [9.17, 15) is 9.90 Å². The summed E-state index contributed by atoms with van der Waals surface area (Å²) >= 11 is 0. The minimum atomic E-state index is -1.02. The lowest BCUT2D eigenvalue weighted by atomic mass is 10.0. The SMILES string of the molecule is N#CC(=CNc1ccc(C(=O)O)c2ccncc12)c1nn[nH]n1. The van der Waals surface area contributed by atoms with E-state index in [1.807, 2.05) is 6.07 Å². The molecule has 0 aliphatic heterocycles. The Morgan fingerprint density at radius 1 is 1.35 bits per heavy atom. The van der Waals surface area contributed by atoms with E-state index in [0.29, 0.717) is 16.5 Å². The Bertz CT molecular complexity index is 941. The second kappa shape index (κ2) is 5.90. The molecule has 0 spiro atoms. The lowest BCUT2D eigenvalue weighted by molar-refractivity contribution is 0.0699. The third kappa shape index (κ3) is 2.68. The molecule has 0 fully saturated rings. The quantitative estimate of drug-likeness (QED) is 0.614. The van der Waals surface area contributed by atoms with Crippen molar-refractivity contribution in [2.24, 2.45) is 0 Å². The number of aromatic carboxylic acids is 1. The summed E-state index contributed by atoms with van der Waals surface area (Å²) < 4.78 is 0. The molecular weight excluding hydrogens is 298 g/mol. The smallest absolute Gasteiger partial charge is 0.336 e. The van der Waals surface area contributed by atoms with Crippen LogP contribution in [0.15, 0.2) is 36.8 Å². The van der Waals surface area contributed by atoms with Gasteiger partial charge in [0.25, 0.3) is 0 Å². The summed E-state index contributed by atoms with van der Waals surface area (Å²) in [6, 6.07) is 6.67. The lowest BCUT2D eigenvalue weighted by Gasteiger charge is -2.08. The van der Waals surface area contributed by atoms with Crippen LogP contribution in [-0.2, 0) is 0 Å². The first kappa shape index (κ1) is 14.2. The number of aromatic amines is 1. The molecule has 3 N–H and O–H groups in total. The van der Waals surface area contributed by atoms with Crippen molar-refractivity contribution in [1.82, 2.24) is 25.6 Å². The summed E-state index contributed by atoms with van der Waals surface area (Å²) in [5.74, 6) is -0.864. The van der Waals surface area contributed by atoms with Crippen molar-refractivity contribution in [2.45, 2.75) is 0 Å². The molecule has 3 rings (SSSR count). The van der Waals surface area contributed by atoms with Gasteiger partial charge < -0.3 is 10.4 Å². The zero-order valence-corrected chi connectivity index (χ0v) is 11.6. The Morgan fingerprint density at radius 3 is 2.91 bits per heavy atom. The van der Waals surface area contributed by atoms with Gasteiger partial charge in [-0.05, 0) is 23.4 Å². The van der Waals surface area contributed by atoms with Gasteiger partial charge in [0, 0.05) is 35.1 Å². The molecule has 9 nitrogen and oxygen atoms in total. The van der Waals surface area contributed by atoms with Crippen LogP contribution in [0.5, 0.6) is 0 Å². The molecule has 2 heterocycles. The van der Waals surface area contributed by atoms with Crippen LogP contribution >= 0.6 is 0 Å². The number of carboxylic acid groups (broad SMARTS) is 1. The number of nitriles is 1. The van der Waals surface area contributed by atoms with E-state index in [-0.39, 0.29) is 17.0 Å². The van der Waals surface area contributed by atoms with Crippen molar-refractivity contribution in [1.29, 1.82) is 5.26 Å². The zero-order valence-electron chi connectivity index (χ0n) is 11.6. The number of tetrazole rings is 1. The van der Waals surface area contributed by atoms with Gasteiger partial charge in [-0.25, -0.2) is 4.79 Å². The van der Waals surface area contributed by atoms with Crippen LogP contribution in [0.3, 0.4) is 0 Å². The monoisotopic (exact) mass is 307 g/mol. The second-order valence-electron chi connectivity index (χ2n) is 4.44. The molecule has 9 heteroatoms. The molecule has 0 radical (unpaired) electrons.